The van der Waals surface area contributed by atoms with E-state index in [0.29, 0.717) is 5.95 Å². The third-order valence-electron chi connectivity index (χ3n) is 2.20. The van der Waals surface area contributed by atoms with Gasteiger partial charge in [-0.1, -0.05) is 0 Å². The average molecular weight is 251 g/mol. The first kappa shape index (κ1) is 14.2. The Morgan fingerprint density at radius 3 is 2.83 bits per heavy atom. The zero-order valence-electron chi connectivity index (χ0n) is 11.4. The van der Waals surface area contributed by atoms with Crippen LogP contribution in [-0.2, 0) is 4.79 Å². The Morgan fingerprint density at radius 2 is 2.22 bits per heavy atom. The molecular weight excluding hydrogens is 230 g/mol. The molecule has 1 heterocycles. The molecule has 0 fully saturated rings. The molecule has 0 radical (unpaired) electrons. The van der Waals surface area contributed by atoms with E-state index >= 15 is 0 Å². The highest BCUT2D eigenvalue weighted by Crippen LogP contribution is 2.09. The molecule has 18 heavy (non-hydrogen) atoms. The molecule has 0 atom stereocenters. The van der Waals surface area contributed by atoms with E-state index in [2.05, 4.69) is 20.6 Å². The lowest BCUT2D eigenvalue weighted by atomic mass is 10.4. The number of hydrogen-bond acceptors (Lipinski definition) is 5. The first-order valence-electron chi connectivity index (χ1n) is 6.10. The lowest BCUT2D eigenvalue weighted by Crippen LogP contribution is -2.38. The summed E-state index contributed by atoms with van der Waals surface area (Å²) in [6.07, 6.45) is 1.68. The zero-order chi connectivity index (χ0) is 13.5. The summed E-state index contributed by atoms with van der Waals surface area (Å²) >= 11 is 0. The normalized spacial score (nSPS) is 10.3. The van der Waals surface area contributed by atoms with Crippen LogP contribution >= 0.6 is 0 Å². The van der Waals surface area contributed by atoms with Gasteiger partial charge in [0.25, 0.3) is 0 Å². The fourth-order valence-electron chi connectivity index (χ4n) is 1.47. The van der Waals surface area contributed by atoms with Crippen molar-refractivity contribution in [1.29, 1.82) is 0 Å². The highest BCUT2D eigenvalue weighted by molar-refractivity contribution is 5.81. The van der Waals surface area contributed by atoms with Gasteiger partial charge >= 0.3 is 0 Å². The number of likely N-dealkylation sites (N-methyl/N-ethyl adjacent to an activating group) is 1. The lowest BCUT2D eigenvalue weighted by molar-refractivity contribution is -0.120. The first-order valence-corrected chi connectivity index (χ1v) is 6.10. The zero-order valence-corrected chi connectivity index (χ0v) is 11.4. The highest BCUT2D eigenvalue weighted by atomic mass is 16.2. The van der Waals surface area contributed by atoms with Gasteiger partial charge in [-0.05, 0) is 26.8 Å². The molecule has 1 amide bonds. The molecule has 6 nitrogen and oxygen atoms in total. The van der Waals surface area contributed by atoms with Gasteiger partial charge in [0.05, 0.1) is 6.54 Å². The molecule has 1 aromatic rings. The highest BCUT2D eigenvalue weighted by Gasteiger charge is 2.10. The van der Waals surface area contributed by atoms with E-state index in [1.165, 1.54) is 0 Å². The van der Waals surface area contributed by atoms with Gasteiger partial charge in [0, 0.05) is 25.8 Å². The maximum atomic E-state index is 11.6. The van der Waals surface area contributed by atoms with Gasteiger partial charge in [0.1, 0.15) is 5.82 Å². The summed E-state index contributed by atoms with van der Waals surface area (Å²) in [6, 6.07) is 1.93. The van der Waals surface area contributed by atoms with E-state index in [9.17, 15) is 4.79 Å². The summed E-state index contributed by atoms with van der Waals surface area (Å²) in [4.78, 5) is 21.8. The first-order chi connectivity index (χ1) is 8.52. The number of nitrogens with zero attached hydrogens (tertiary/aromatic N) is 3. The Hall–Kier alpha value is -1.85. The van der Waals surface area contributed by atoms with Crippen molar-refractivity contribution in [2.75, 3.05) is 30.4 Å². The molecule has 6 heteroatoms. The summed E-state index contributed by atoms with van der Waals surface area (Å²) in [5.41, 5.74) is 0. The molecule has 100 valence electrons. The molecule has 1 rings (SSSR count). The van der Waals surface area contributed by atoms with Crippen LogP contribution in [0.4, 0.5) is 11.8 Å². The van der Waals surface area contributed by atoms with Gasteiger partial charge in [0.15, 0.2) is 0 Å². The SMILES string of the molecule is CCNc1nccc(N(C)CC(=O)NC(C)C)n1. The molecule has 0 unspecified atom stereocenters. The third kappa shape index (κ3) is 4.57. The standard InChI is InChI=1S/C12H21N5O/c1-5-13-12-14-7-6-10(16-12)17(4)8-11(18)15-9(2)3/h6-7,9H,5,8H2,1-4H3,(H,15,18)(H,13,14,16). The van der Waals surface area contributed by atoms with Crippen LogP contribution in [0.15, 0.2) is 12.3 Å². The van der Waals surface area contributed by atoms with Gasteiger partial charge in [-0.3, -0.25) is 4.79 Å². The van der Waals surface area contributed by atoms with Crippen molar-refractivity contribution in [3.63, 3.8) is 0 Å². The molecule has 0 saturated carbocycles. The molecule has 0 saturated heterocycles. The maximum Gasteiger partial charge on any atom is 0.239 e. The van der Waals surface area contributed by atoms with E-state index in [4.69, 9.17) is 0 Å². The monoisotopic (exact) mass is 251 g/mol. The average Bonchev–Trinajstić information content (AvgIpc) is 2.28. The van der Waals surface area contributed by atoms with Crippen LogP contribution in [0.5, 0.6) is 0 Å². The smallest absolute Gasteiger partial charge is 0.239 e. The van der Waals surface area contributed by atoms with E-state index in [1.807, 2.05) is 27.8 Å². The van der Waals surface area contributed by atoms with Crippen LogP contribution in [0, 0.1) is 0 Å². The number of rotatable bonds is 6. The molecule has 0 aromatic carbocycles. The third-order valence-corrected chi connectivity index (χ3v) is 2.20. The summed E-state index contributed by atoms with van der Waals surface area (Å²) in [5.74, 6) is 1.28. The van der Waals surface area contributed by atoms with E-state index in [-0.39, 0.29) is 18.5 Å². The number of amides is 1. The Balaban J connectivity index is 2.63. The molecule has 0 spiro atoms. The fourth-order valence-corrected chi connectivity index (χ4v) is 1.47. The molecule has 0 aliphatic rings. The van der Waals surface area contributed by atoms with Crippen LogP contribution in [0.2, 0.25) is 0 Å². The molecular formula is C12H21N5O. The van der Waals surface area contributed by atoms with Crippen molar-refractivity contribution in [3.8, 4) is 0 Å². The largest absolute Gasteiger partial charge is 0.354 e. The van der Waals surface area contributed by atoms with Crippen LogP contribution in [-0.4, -0.2) is 42.1 Å². The van der Waals surface area contributed by atoms with E-state index < -0.39 is 0 Å². The Bertz CT molecular complexity index is 394. The van der Waals surface area contributed by atoms with E-state index in [1.54, 1.807) is 17.2 Å². The number of anilines is 2. The number of carbonyl (C=O) groups excluding carboxylic acids is 1. The van der Waals surface area contributed by atoms with Crippen molar-refractivity contribution < 1.29 is 4.79 Å². The van der Waals surface area contributed by atoms with Crippen molar-refractivity contribution in [3.05, 3.63) is 12.3 Å². The van der Waals surface area contributed by atoms with Crippen LogP contribution in [0.1, 0.15) is 20.8 Å². The fraction of sp³-hybridized carbons (Fsp3) is 0.583. The molecule has 0 aliphatic heterocycles. The molecule has 2 N–H and O–H groups in total. The predicted octanol–water partition coefficient (Wildman–Crippen LogP) is 0.869. The Labute approximate surface area is 108 Å². The van der Waals surface area contributed by atoms with Crippen LogP contribution < -0.4 is 15.5 Å². The molecule has 0 bridgehead atoms. The maximum absolute atomic E-state index is 11.6. The second kappa shape index (κ2) is 6.78. The van der Waals surface area contributed by atoms with Crippen LogP contribution in [0.3, 0.4) is 0 Å². The van der Waals surface area contributed by atoms with Crippen LogP contribution in [0.25, 0.3) is 0 Å². The van der Waals surface area contributed by atoms with Crippen molar-refractivity contribution in [2.45, 2.75) is 26.8 Å². The quantitative estimate of drug-likeness (QED) is 0.785. The summed E-state index contributed by atoms with van der Waals surface area (Å²) in [6.45, 7) is 6.90. The van der Waals surface area contributed by atoms with Gasteiger partial charge in [-0.25, -0.2) is 4.98 Å². The molecule has 1 aromatic heterocycles. The van der Waals surface area contributed by atoms with Crippen molar-refractivity contribution in [2.24, 2.45) is 0 Å². The Kier molecular flexibility index (Phi) is 5.35. The van der Waals surface area contributed by atoms with Crippen molar-refractivity contribution in [1.82, 2.24) is 15.3 Å². The number of aromatic nitrogens is 2. The molecule has 0 aliphatic carbocycles. The number of hydrogen-bond donors (Lipinski definition) is 2. The minimum atomic E-state index is -0.0175. The second-order valence-corrected chi connectivity index (χ2v) is 4.35. The lowest BCUT2D eigenvalue weighted by Gasteiger charge is -2.19. The van der Waals surface area contributed by atoms with Crippen molar-refractivity contribution >= 4 is 17.7 Å². The van der Waals surface area contributed by atoms with Gasteiger partial charge < -0.3 is 15.5 Å². The summed E-state index contributed by atoms with van der Waals surface area (Å²) in [5, 5.41) is 5.88. The predicted molar refractivity (Wildman–Crippen MR) is 72.7 cm³/mol. The van der Waals surface area contributed by atoms with Gasteiger partial charge in [0.2, 0.25) is 11.9 Å². The minimum Gasteiger partial charge on any atom is -0.354 e. The van der Waals surface area contributed by atoms with E-state index in [0.717, 1.165) is 12.4 Å². The summed E-state index contributed by atoms with van der Waals surface area (Å²) < 4.78 is 0. The topological polar surface area (TPSA) is 70.2 Å². The van der Waals surface area contributed by atoms with Gasteiger partial charge in [-0.2, -0.15) is 4.98 Å². The minimum absolute atomic E-state index is 0.0175. The number of nitrogens with one attached hydrogen (secondary N) is 2. The number of carbonyl (C=O) groups is 1. The second-order valence-electron chi connectivity index (χ2n) is 4.35. The summed E-state index contributed by atoms with van der Waals surface area (Å²) in [7, 11) is 1.83. The van der Waals surface area contributed by atoms with Gasteiger partial charge in [-0.15, -0.1) is 0 Å². The Morgan fingerprint density at radius 1 is 1.50 bits per heavy atom.